The Morgan fingerprint density at radius 3 is 2.92 bits per heavy atom. The summed E-state index contributed by atoms with van der Waals surface area (Å²) in [5.41, 5.74) is 0.481. The van der Waals surface area contributed by atoms with Crippen molar-refractivity contribution in [1.82, 2.24) is 15.5 Å². The monoisotopic (exact) mass is 346 g/mol. The van der Waals surface area contributed by atoms with E-state index in [4.69, 9.17) is 4.74 Å². The second kappa shape index (κ2) is 5.60. The molecule has 0 bridgehead atoms. The molecule has 0 aromatic heterocycles. The van der Waals surface area contributed by atoms with Crippen molar-refractivity contribution in [3.8, 4) is 0 Å². The van der Waals surface area contributed by atoms with Gasteiger partial charge in [0.15, 0.2) is 5.96 Å². The number of fused-ring (bicyclic) bond motifs is 2. The lowest BCUT2D eigenvalue weighted by Crippen LogP contribution is -2.73. The minimum atomic E-state index is 0.111. The molecule has 2 N–H and O–H groups in total. The molecule has 5 aliphatic rings. The number of nitrogens with one attached hydrogen (secondary N) is 2. The van der Waals surface area contributed by atoms with Crippen LogP contribution < -0.4 is 10.6 Å². The molecule has 0 radical (unpaired) electrons. The number of carbonyl (C=O) groups excluding carboxylic acids is 1. The molecule has 3 saturated heterocycles. The Kier molecular flexibility index (Phi) is 3.56. The van der Waals surface area contributed by atoms with Crippen molar-refractivity contribution >= 4 is 11.9 Å². The van der Waals surface area contributed by atoms with Gasteiger partial charge in [-0.1, -0.05) is 6.42 Å². The Bertz CT molecular complexity index is 602. The average molecular weight is 346 g/mol. The van der Waals surface area contributed by atoms with Crippen LogP contribution in [0.2, 0.25) is 0 Å². The Morgan fingerprint density at radius 1 is 1.36 bits per heavy atom. The summed E-state index contributed by atoms with van der Waals surface area (Å²) in [5, 5.41) is 6.89. The topological polar surface area (TPSA) is 66.0 Å². The molecular weight excluding hydrogens is 316 g/mol. The van der Waals surface area contributed by atoms with E-state index in [1.165, 1.54) is 25.7 Å². The molecule has 2 spiro atoms. The molecule has 3 heterocycles. The molecule has 2 saturated carbocycles. The van der Waals surface area contributed by atoms with Crippen molar-refractivity contribution in [2.24, 2.45) is 21.7 Å². The van der Waals surface area contributed by atoms with E-state index in [1.807, 2.05) is 7.05 Å². The highest BCUT2D eigenvalue weighted by Gasteiger charge is 2.67. The van der Waals surface area contributed by atoms with Crippen molar-refractivity contribution in [1.29, 1.82) is 0 Å². The van der Waals surface area contributed by atoms with Crippen molar-refractivity contribution in [3.05, 3.63) is 0 Å². The Balaban J connectivity index is 1.30. The van der Waals surface area contributed by atoms with E-state index in [-0.39, 0.29) is 11.3 Å². The van der Waals surface area contributed by atoms with Crippen LogP contribution in [0.5, 0.6) is 0 Å². The SMILES string of the molecule is CN=C(NC1C2CCOC2C12CCC2)N1CCCC2(CNC(=O)C2)C1. The molecule has 0 aromatic rings. The molecule has 0 aromatic carbocycles. The fourth-order valence-electron chi connectivity index (χ4n) is 6.32. The molecule has 1 amide bonds. The first-order valence-corrected chi connectivity index (χ1v) is 10.0. The van der Waals surface area contributed by atoms with Gasteiger partial charge in [-0.15, -0.1) is 0 Å². The molecule has 5 fully saturated rings. The highest BCUT2D eigenvalue weighted by Crippen LogP contribution is 2.62. The lowest BCUT2D eigenvalue weighted by molar-refractivity contribution is -0.171. The zero-order valence-corrected chi connectivity index (χ0v) is 15.2. The predicted molar refractivity (Wildman–Crippen MR) is 95.3 cm³/mol. The summed E-state index contributed by atoms with van der Waals surface area (Å²) in [6.07, 6.45) is 8.56. The van der Waals surface area contributed by atoms with E-state index >= 15 is 0 Å². The summed E-state index contributed by atoms with van der Waals surface area (Å²) in [5.74, 6) is 1.91. The quantitative estimate of drug-likeness (QED) is 0.552. The average Bonchev–Trinajstić information content (AvgIpc) is 3.12. The molecule has 3 aliphatic heterocycles. The number of likely N-dealkylation sites (tertiary alicyclic amines) is 1. The molecule has 4 unspecified atom stereocenters. The number of carbonyl (C=O) groups is 1. The van der Waals surface area contributed by atoms with Crippen molar-refractivity contribution in [2.75, 3.05) is 33.3 Å². The number of aliphatic imine (C=N–C) groups is 1. The highest BCUT2D eigenvalue weighted by molar-refractivity contribution is 5.82. The fraction of sp³-hybridized carbons (Fsp3) is 0.895. The first-order valence-electron chi connectivity index (χ1n) is 10.0. The number of ether oxygens (including phenoxy) is 1. The molecule has 4 atom stereocenters. The van der Waals surface area contributed by atoms with Gasteiger partial charge in [-0.05, 0) is 32.1 Å². The van der Waals surface area contributed by atoms with Crippen LogP contribution in [0.25, 0.3) is 0 Å². The summed E-state index contributed by atoms with van der Waals surface area (Å²) in [7, 11) is 1.90. The second-order valence-electron chi connectivity index (χ2n) is 8.98. The van der Waals surface area contributed by atoms with Crippen molar-refractivity contribution < 1.29 is 9.53 Å². The van der Waals surface area contributed by atoms with Gasteiger partial charge >= 0.3 is 0 Å². The van der Waals surface area contributed by atoms with Crippen LogP contribution >= 0.6 is 0 Å². The largest absolute Gasteiger partial charge is 0.377 e. The molecule has 6 nitrogen and oxygen atoms in total. The van der Waals surface area contributed by atoms with Crippen LogP contribution in [0.1, 0.15) is 44.9 Å². The van der Waals surface area contributed by atoms with Gasteiger partial charge in [0, 0.05) is 62.5 Å². The van der Waals surface area contributed by atoms with Gasteiger partial charge in [0.05, 0.1) is 6.10 Å². The number of piperidine rings is 1. The third-order valence-electron chi connectivity index (χ3n) is 7.69. The predicted octanol–water partition coefficient (Wildman–Crippen LogP) is 1.12. The number of hydrogen-bond donors (Lipinski definition) is 2. The molecule has 25 heavy (non-hydrogen) atoms. The maximum absolute atomic E-state index is 11.8. The standard InChI is InChI=1S/C19H30N4O2/c1-20-17(23-8-3-5-18(12-23)10-14(24)21-11-18)22-15-13-4-9-25-16(13)19(15)6-2-7-19/h13,15-16H,2-12H2,1H3,(H,20,22)(H,21,24). The van der Waals surface area contributed by atoms with Crippen LogP contribution in [0.4, 0.5) is 0 Å². The van der Waals surface area contributed by atoms with Crippen LogP contribution in [0, 0.1) is 16.7 Å². The number of amides is 1. The number of guanidine groups is 1. The van der Waals surface area contributed by atoms with E-state index in [9.17, 15) is 4.79 Å². The number of hydrogen-bond acceptors (Lipinski definition) is 3. The van der Waals surface area contributed by atoms with Crippen molar-refractivity contribution in [2.45, 2.75) is 57.1 Å². The third kappa shape index (κ3) is 2.25. The normalized spacial score (nSPS) is 42.1. The Hall–Kier alpha value is -1.30. The van der Waals surface area contributed by atoms with Crippen LogP contribution in [0.15, 0.2) is 4.99 Å². The van der Waals surface area contributed by atoms with Gasteiger partial charge in [-0.25, -0.2) is 0 Å². The third-order valence-corrected chi connectivity index (χ3v) is 7.69. The van der Waals surface area contributed by atoms with E-state index in [0.717, 1.165) is 45.0 Å². The van der Waals surface area contributed by atoms with Crippen LogP contribution in [-0.4, -0.2) is 62.2 Å². The van der Waals surface area contributed by atoms with Crippen molar-refractivity contribution in [3.63, 3.8) is 0 Å². The van der Waals surface area contributed by atoms with Crippen LogP contribution in [0.3, 0.4) is 0 Å². The summed E-state index contributed by atoms with van der Waals surface area (Å²) < 4.78 is 6.05. The Labute approximate surface area is 149 Å². The van der Waals surface area contributed by atoms with E-state index in [1.54, 1.807) is 0 Å². The minimum Gasteiger partial charge on any atom is -0.377 e. The highest BCUT2D eigenvalue weighted by atomic mass is 16.5. The van der Waals surface area contributed by atoms with Gasteiger partial charge in [-0.3, -0.25) is 9.79 Å². The lowest BCUT2D eigenvalue weighted by Gasteiger charge is -2.63. The van der Waals surface area contributed by atoms with Gasteiger partial charge in [0.1, 0.15) is 0 Å². The summed E-state index contributed by atoms with van der Waals surface area (Å²) in [6, 6.07) is 0.522. The summed E-state index contributed by atoms with van der Waals surface area (Å²) in [4.78, 5) is 18.8. The van der Waals surface area contributed by atoms with E-state index < -0.39 is 0 Å². The first kappa shape index (κ1) is 15.9. The molecule has 5 rings (SSSR count). The maximum atomic E-state index is 11.8. The number of nitrogens with zero attached hydrogens (tertiary/aromatic N) is 2. The lowest BCUT2D eigenvalue weighted by atomic mass is 9.46. The van der Waals surface area contributed by atoms with Gasteiger partial charge in [-0.2, -0.15) is 0 Å². The van der Waals surface area contributed by atoms with Gasteiger partial charge in [0.25, 0.3) is 0 Å². The van der Waals surface area contributed by atoms with Gasteiger partial charge < -0.3 is 20.3 Å². The molecule has 138 valence electrons. The summed E-state index contributed by atoms with van der Waals surface area (Å²) in [6.45, 7) is 3.73. The van der Waals surface area contributed by atoms with Crippen LogP contribution in [-0.2, 0) is 9.53 Å². The van der Waals surface area contributed by atoms with E-state index in [2.05, 4.69) is 20.5 Å². The van der Waals surface area contributed by atoms with Gasteiger partial charge in [0.2, 0.25) is 5.91 Å². The second-order valence-corrected chi connectivity index (χ2v) is 8.98. The molecule has 2 aliphatic carbocycles. The minimum absolute atomic E-state index is 0.111. The zero-order chi connectivity index (χ0) is 17.1. The fourth-order valence-corrected chi connectivity index (χ4v) is 6.32. The maximum Gasteiger partial charge on any atom is 0.220 e. The summed E-state index contributed by atoms with van der Waals surface area (Å²) >= 11 is 0. The number of rotatable bonds is 1. The zero-order valence-electron chi connectivity index (χ0n) is 15.2. The molecular formula is C19H30N4O2. The molecule has 6 heteroatoms. The smallest absolute Gasteiger partial charge is 0.220 e. The first-order chi connectivity index (χ1) is 12.2. The Morgan fingerprint density at radius 2 is 2.24 bits per heavy atom. The van der Waals surface area contributed by atoms with E-state index in [0.29, 0.717) is 29.9 Å².